The number of anilines is 1. The number of carbonyl (C=O) groups excluding carboxylic acids is 1. The van der Waals surface area contributed by atoms with Gasteiger partial charge < -0.3 is 23.8 Å². The van der Waals surface area contributed by atoms with E-state index in [4.69, 9.17) is 23.9 Å². The largest absolute Gasteiger partial charge is 0.484 e. The van der Waals surface area contributed by atoms with E-state index >= 15 is 0 Å². The van der Waals surface area contributed by atoms with E-state index < -0.39 is 6.09 Å². The van der Waals surface area contributed by atoms with E-state index in [0.29, 0.717) is 34.0 Å². The van der Waals surface area contributed by atoms with E-state index in [1.165, 1.54) is 0 Å². The summed E-state index contributed by atoms with van der Waals surface area (Å²) in [5.74, 6) is 2.14. The van der Waals surface area contributed by atoms with Gasteiger partial charge in [-0.1, -0.05) is 91.0 Å². The molecule has 11 nitrogen and oxygen atoms in total. The summed E-state index contributed by atoms with van der Waals surface area (Å²) < 4.78 is 24.1. The van der Waals surface area contributed by atoms with Gasteiger partial charge in [-0.05, 0) is 47.5 Å². The van der Waals surface area contributed by atoms with Crippen LogP contribution in [-0.4, -0.2) is 46.9 Å². The lowest BCUT2D eigenvalue weighted by atomic mass is 10.1. The third-order valence-electron chi connectivity index (χ3n) is 8.22. The number of nitriles is 1. The van der Waals surface area contributed by atoms with E-state index in [0.717, 1.165) is 35.6 Å². The summed E-state index contributed by atoms with van der Waals surface area (Å²) in [6, 6.07) is 42.8. The van der Waals surface area contributed by atoms with Crippen LogP contribution in [0.15, 0.2) is 138 Å². The molecular weight excluding hydrogens is 668 g/mol. The molecule has 0 saturated heterocycles. The van der Waals surface area contributed by atoms with Crippen molar-refractivity contribution in [3.8, 4) is 46.5 Å². The Kier molecular flexibility index (Phi) is 10.5. The van der Waals surface area contributed by atoms with Crippen molar-refractivity contribution in [3.63, 3.8) is 0 Å². The highest BCUT2D eigenvalue weighted by molar-refractivity contribution is 5.99. The van der Waals surface area contributed by atoms with Crippen molar-refractivity contribution < 1.29 is 23.7 Å². The fourth-order valence-corrected chi connectivity index (χ4v) is 5.57. The van der Waals surface area contributed by atoms with Crippen LogP contribution in [0.2, 0.25) is 0 Å². The Bertz CT molecular complexity index is 2270. The number of nitrogens with one attached hydrogen (secondary N) is 1. The Morgan fingerprint density at radius 1 is 0.792 bits per heavy atom. The molecule has 0 unspecified atom stereocenters. The first-order valence-electron chi connectivity index (χ1n) is 16.9. The van der Waals surface area contributed by atoms with Gasteiger partial charge in [-0.2, -0.15) is 15.2 Å². The van der Waals surface area contributed by atoms with E-state index in [1.54, 1.807) is 36.4 Å². The number of rotatable bonds is 12. The molecule has 0 spiro atoms. The van der Waals surface area contributed by atoms with Crippen LogP contribution < -0.4 is 19.5 Å². The molecule has 11 heteroatoms. The Morgan fingerprint density at radius 3 is 2.25 bits per heavy atom. The van der Waals surface area contributed by atoms with Gasteiger partial charge in [0.15, 0.2) is 11.5 Å². The lowest BCUT2D eigenvalue weighted by molar-refractivity contribution is 0.155. The fourth-order valence-electron chi connectivity index (χ4n) is 5.57. The normalized spacial score (nSPS) is 12.0. The fraction of sp³-hybridized carbons (Fsp3) is 0.119. The average molecular weight is 703 g/mol. The molecule has 0 radical (unpaired) electrons. The molecule has 7 rings (SSSR count). The molecule has 0 aliphatic carbocycles. The minimum atomic E-state index is -0.572. The number of aromatic nitrogens is 2. The van der Waals surface area contributed by atoms with Gasteiger partial charge in [0.2, 0.25) is 5.88 Å². The summed E-state index contributed by atoms with van der Waals surface area (Å²) in [6.45, 7) is 1.97. The van der Waals surface area contributed by atoms with E-state index in [9.17, 15) is 10.1 Å². The van der Waals surface area contributed by atoms with E-state index in [-0.39, 0.29) is 30.9 Å². The molecule has 1 N–H and O–H groups in total. The Labute approximate surface area is 306 Å². The van der Waals surface area contributed by atoms with Crippen molar-refractivity contribution in [2.75, 3.05) is 25.5 Å². The maximum atomic E-state index is 12.5. The summed E-state index contributed by atoms with van der Waals surface area (Å²) >= 11 is 0. The van der Waals surface area contributed by atoms with Crippen molar-refractivity contribution in [3.05, 3.63) is 156 Å². The monoisotopic (exact) mass is 702 g/mol. The summed E-state index contributed by atoms with van der Waals surface area (Å²) in [5, 5.41) is 12.7. The standard InChI is InChI=1S/C42H34N6O5/c1-48-23-22-44-40(48)32-14-8-16-35(24-32)52-41-46-36(31-18-20-34(21-19-31)45-42(49)51-28-30-12-6-3-7-13-30)25-38(47-41)53-37-17-9-15-33(26-43)39(37)50-27-29-10-4-2-5-11-29/h2-21,24-25H,22-23,27-28H2,1H3,(H,45,49). The van der Waals surface area contributed by atoms with Crippen molar-refractivity contribution in [2.45, 2.75) is 13.2 Å². The van der Waals surface area contributed by atoms with Gasteiger partial charge in [0, 0.05) is 36.5 Å². The molecule has 262 valence electrons. The number of likely N-dealkylation sites (N-methyl/N-ethyl adjacent to an activating group) is 1. The van der Waals surface area contributed by atoms with Gasteiger partial charge in [0.05, 0.1) is 17.8 Å². The first-order chi connectivity index (χ1) is 26.0. The third-order valence-corrected chi connectivity index (χ3v) is 8.22. The smallest absolute Gasteiger partial charge is 0.411 e. The predicted molar refractivity (Wildman–Crippen MR) is 200 cm³/mol. The van der Waals surface area contributed by atoms with Crippen LogP contribution in [0.4, 0.5) is 10.5 Å². The zero-order chi connectivity index (χ0) is 36.4. The zero-order valence-electron chi connectivity index (χ0n) is 28.8. The predicted octanol–water partition coefficient (Wildman–Crippen LogP) is 8.62. The van der Waals surface area contributed by atoms with Gasteiger partial charge in [-0.3, -0.25) is 10.3 Å². The average Bonchev–Trinajstić information content (AvgIpc) is 3.63. The molecule has 0 bridgehead atoms. The van der Waals surface area contributed by atoms with Crippen molar-refractivity contribution >= 4 is 17.6 Å². The van der Waals surface area contributed by atoms with E-state index in [2.05, 4.69) is 26.3 Å². The van der Waals surface area contributed by atoms with Gasteiger partial charge in [-0.25, -0.2) is 4.79 Å². The van der Waals surface area contributed by atoms with Gasteiger partial charge in [-0.15, -0.1) is 0 Å². The zero-order valence-corrected chi connectivity index (χ0v) is 28.8. The SMILES string of the molecule is CN1CCN=C1c1cccc(Oc2nc(Oc3cccc(C#N)c3OCc3ccccc3)cc(-c3ccc(NC(=O)OCc4ccccc4)cc3)n2)c1. The maximum Gasteiger partial charge on any atom is 0.411 e. The number of aliphatic imine (C=N–C) groups is 1. The molecule has 1 aliphatic heterocycles. The number of para-hydroxylation sites is 1. The van der Waals surface area contributed by atoms with Gasteiger partial charge >= 0.3 is 12.1 Å². The molecule has 0 atom stereocenters. The highest BCUT2D eigenvalue weighted by atomic mass is 16.5. The lowest BCUT2D eigenvalue weighted by Crippen LogP contribution is -2.23. The number of nitrogens with zero attached hydrogens (tertiary/aromatic N) is 5. The first kappa shape index (κ1) is 34.3. The topological polar surface area (TPSA) is 131 Å². The van der Waals surface area contributed by atoms with Crippen LogP contribution >= 0.6 is 0 Å². The molecule has 5 aromatic carbocycles. The minimum absolute atomic E-state index is 0.0336. The van der Waals surface area contributed by atoms with Crippen molar-refractivity contribution in [2.24, 2.45) is 4.99 Å². The highest BCUT2D eigenvalue weighted by Gasteiger charge is 2.18. The Hall–Kier alpha value is -7.19. The van der Waals surface area contributed by atoms with Crippen LogP contribution in [0.5, 0.6) is 29.1 Å². The lowest BCUT2D eigenvalue weighted by Gasteiger charge is -2.16. The molecule has 1 aromatic heterocycles. The number of hydrogen-bond donors (Lipinski definition) is 1. The number of carbonyl (C=O) groups is 1. The summed E-state index contributed by atoms with van der Waals surface area (Å²) in [5.41, 5.74) is 4.78. The number of ether oxygens (including phenoxy) is 4. The van der Waals surface area contributed by atoms with Crippen molar-refractivity contribution in [1.29, 1.82) is 5.26 Å². The van der Waals surface area contributed by atoms with Crippen LogP contribution in [0.25, 0.3) is 11.3 Å². The number of amidine groups is 1. The Morgan fingerprint density at radius 2 is 1.53 bits per heavy atom. The molecule has 0 saturated carbocycles. The van der Waals surface area contributed by atoms with Crippen LogP contribution in [0.3, 0.4) is 0 Å². The molecular formula is C42H34N6O5. The van der Waals surface area contributed by atoms with Gasteiger partial charge in [0.1, 0.15) is 30.9 Å². The molecule has 6 aromatic rings. The highest BCUT2D eigenvalue weighted by Crippen LogP contribution is 2.36. The maximum absolute atomic E-state index is 12.5. The van der Waals surface area contributed by atoms with Crippen LogP contribution in [0.1, 0.15) is 22.3 Å². The van der Waals surface area contributed by atoms with E-state index in [1.807, 2.05) is 104 Å². The molecule has 1 amide bonds. The molecule has 2 heterocycles. The minimum Gasteiger partial charge on any atom is -0.484 e. The summed E-state index contributed by atoms with van der Waals surface area (Å²) in [4.78, 5) is 28.5. The van der Waals surface area contributed by atoms with Crippen LogP contribution in [-0.2, 0) is 18.0 Å². The second-order valence-electron chi connectivity index (χ2n) is 12.0. The second-order valence-corrected chi connectivity index (χ2v) is 12.0. The quantitative estimate of drug-likeness (QED) is 0.133. The Balaban J connectivity index is 1.16. The third kappa shape index (κ3) is 8.76. The molecule has 1 aliphatic rings. The molecule has 53 heavy (non-hydrogen) atoms. The van der Waals surface area contributed by atoms with Crippen LogP contribution in [0, 0.1) is 11.3 Å². The number of hydrogen-bond acceptors (Lipinski definition) is 10. The van der Waals surface area contributed by atoms with Gasteiger partial charge in [0.25, 0.3) is 0 Å². The molecule has 0 fully saturated rings. The second kappa shape index (κ2) is 16.2. The number of amides is 1. The number of benzene rings is 5. The summed E-state index contributed by atoms with van der Waals surface area (Å²) in [6.07, 6.45) is -0.572. The van der Waals surface area contributed by atoms with Crippen molar-refractivity contribution in [1.82, 2.24) is 14.9 Å². The first-order valence-corrected chi connectivity index (χ1v) is 16.9. The summed E-state index contributed by atoms with van der Waals surface area (Å²) in [7, 11) is 2.00.